The number of aromatic amines is 1. The predicted octanol–water partition coefficient (Wildman–Crippen LogP) is 4.67. The maximum absolute atomic E-state index is 4.09. The van der Waals surface area contributed by atoms with E-state index in [1.165, 1.54) is 23.8 Å². The number of nitrogens with one attached hydrogen (secondary N) is 3. The highest BCUT2D eigenvalue weighted by molar-refractivity contribution is 5.82. The largest absolute Gasteiger partial charge is 0.373 e. The lowest BCUT2D eigenvalue weighted by Gasteiger charge is -2.12. The Kier molecular flexibility index (Phi) is 8.33. The molecule has 0 aliphatic carbocycles. The van der Waals surface area contributed by atoms with E-state index in [2.05, 4.69) is 90.3 Å². The molecule has 1 heterocycles. The first-order valence-electron chi connectivity index (χ1n) is 9.64. The quantitative estimate of drug-likeness (QED) is 0.321. The second-order valence-corrected chi connectivity index (χ2v) is 6.81. The molecule has 2 rings (SSSR count). The van der Waals surface area contributed by atoms with E-state index in [0.717, 1.165) is 17.8 Å². The molecular formula is C24H30N4. The summed E-state index contributed by atoms with van der Waals surface area (Å²) in [6.07, 6.45) is 5.60. The molecule has 0 fully saturated rings. The molecule has 1 atom stereocenters. The summed E-state index contributed by atoms with van der Waals surface area (Å²) in [6.45, 7) is 17.0. The molecule has 1 unspecified atom stereocenters. The third-order valence-electron chi connectivity index (χ3n) is 4.31. The van der Waals surface area contributed by atoms with Gasteiger partial charge in [-0.2, -0.15) is 0 Å². The first-order valence-corrected chi connectivity index (χ1v) is 9.64. The molecule has 1 aromatic heterocycles. The number of nitrogens with zero attached hydrogens (tertiary/aromatic N) is 1. The fourth-order valence-corrected chi connectivity index (χ4v) is 2.74. The lowest BCUT2D eigenvalue weighted by molar-refractivity contribution is 0.508. The van der Waals surface area contributed by atoms with Crippen molar-refractivity contribution in [2.75, 3.05) is 6.54 Å². The van der Waals surface area contributed by atoms with E-state index in [1.807, 2.05) is 0 Å². The van der Waals surface area contributed by atoms with Gasteiger partial charge < -0.3 is 15.6 Å². The predicted molar refractivity (Wildman–Crippen MR) is 121 cm³/mol. The maximum Gasteiger partial charge on any atom is 0.0904 e. The molecule has 0 spiro atoms. The van der Waals surface area contributed by atoms with Gasteiger partial charge in [0.1, 0.15) is 0 Å². The van der Waals surface area contributed by atoms with Crippen molar-refractivity contribution in [1.29, 1.82) is 0 Å². The van der Waals surface area contributed by atoms with E-state index in [0.29, 0.717) is 24.0 Å². The van der Waals surface area contributed by atoms with Crippen LogP contribution in [0.15, 0.2) is 66.5 Å². The Morgan fingerprint density at radius 3 is 2.89 bits per heavy atom. The molecule has 4 heteroatoms. The summed E-state index contributed by atoms with van der Waals surface area (Å²) < 4.78 is 0. The average molecular weight is 375 g/mol. The maximum atomic E-state index is 4.09. The van der Waals surface area contributed by atoms with Crippen molar-refractivity contribution in [3.8, 4) is 11.8 Å². The van der Waals surface area contributed by atoms with Crippen molar-refractivity contribution in [2.24, 2.45) is 4.99 Å². The number of hydrogen-bond acceptors (Lipinski definition) is 3. The molecule has 0 radical (unpaired) electrons. The van der Waals surface area contributed by atoms with Gasteiger partial charge in [-0.15, -0.1) is 0 Å². The van der Waals surface area contributed by atoms with Crippen LogP contribution in [0, 0.1) is 11.8 Å². The summed E-state index contributed by atoms with van der Waals surface area (Å²) in [5.41, 5.74) is 4.57. The average Bonchev–Trinajstić information content (AvgIpc) is 3.10. The molecular weight excluding hydrogens is 344 g/mol. The lowest BCUT2D eigenvalue weighted by atomic mass is 10.1. The summed E-state index contributed by atoms with van der Waals surface area (Å²) in [7, 11) is 0. The number of aromatic nitrogens is 1. The van der Waals surface area contributed by atoms with Gasteiger partial charge in [-0.1, -0.05) is 45.1 Å². The molecule has 0 saturated heterocycles. The van der Waals surface area contributed by atoms with E-state index < -0.39 is 0 Å². The highest BCUT2D eigenvalue weighted by Crippen LogP contribution is 2.17. The minimum atomic E-state index is 0.491. The second kappa shape index (κ2) is 11.0. The van der Waals surface area contributed by atoms with Gasteiger partial charge in [-0.25, -0.2) is 0 Å². The Morgan fingerprint density at radius 2 is 2.14 bits per heavy atom. The number of benzene rings is 1. The lowest BCUT2D eigenvalue weighted by Crippen LogP contribution is -2.24. The molecule has 1 aromatic carbocycles. The molecule has 3 N–H and O–H groups in total. The Hall–Kier alpha value is -3.03. The standard InChI is InChI=1S/C24H30N4/c1-6-9-19(4)27-17-21-11-12-24-22(14-21)15-23(28-24)10-8-13-25-20(5)16-26-18(3)7-2/h7,11-12,14-16,19,25,27-28H,2-3,5-6,9,13,17H2,1,4H3. The molecule has 0 aliphatic rings. The van der Waals surface area contributed by atoms with Crippen LogP contribution in [0.2, 0.25) is 0 Å². The van der Waals surface area contributed by atoms with Gasteiger partial charge in [-0.3, -0.25) is 4.99 Å². The normalized spacial score (nSPS) is 11.8. The molecule has 28 heavy (non-hydrogen) atoms. The number of H-pyrrole nitrogens is 1. The van der Waals surface area contributed by atoms with Crippen LogP contribution in [-0.2, 0) is 6.54 Å². The van der Waals surface area contributed by atoms with Crippen LogP contribution >= 0.6 is 0 Å². The first-order chi connectivity index (χ1) is 13.5. The van der Waals surface area contributed by atoms with Gasteiger partial charge in [0.25, 0.3) is 0 Å². The summed E-state index contributed by atoms with van der Waals surface area (Å²) in [4.78, 5) is 7.44. The molecule has 0 amide bonds. The molecule has 0 bridgehead atoms. The Balaban J connectivity index is 1.91. The zero-order chi connectivity index (χ0) is 20.4. The Labute approximate surface area is 168 Å². The van der Waals surface area contributed by atoms with E-state index in [4.69, 9.17) is 0 Å². The molecule has 2 aromatic rings. The zero-order valence-electron chi connectivity index (χ0n) is 16.9. The van der Waals surface area contributed by atoms with Crippen LogP contribution in [-0.4, -0.2) is 23.8 Å². The van der Waals surface area contributed by atoms with Crippen molar-refractivity contribution in [3.63, 3.8) is 0 Å². The number of fused-ring (bicyclic) bond motifs is 1. The SMILES string of the molecule is C=CC(=C)N=CC(=C)NCC#Cc1cc2cc(CNC(C)CCC)ccc2[nH]1. The monoisotopic (exact) mass is 374 g/mol. The van der Waals surface area contributed by atoms with Gasteiger partial charge >= 0.3 is 0 Å². The van der Waals surface area contributed by atoms with Gasteiger partial charge in [0.15, 0.2) is 0 Å². The number of rotatable bonds is 10. The minimum Gasteiger partial charge on any atom is -0.373 e. The van der Waals surface area contributed by atoms with E-state index >= 15 is 0 Å². The number of allylic oxidation sites excluding steroid dienone is 2. The van der Waals surface area contributed by atoms with Crippen molar-refractivity contribution in [2.45, 2.75) is 39.3 Å². The topological polar surface area (TPSA) is 52.2 Å². The minimum absolute atomic E-state index is 0.491. The van der Waals surface area contributed by atoms with Crippen LogP contribution < -0.4 is 10.6 Å². The summed E-state index contributed by atoms with van der Waals surface area (Å²) in [6, 6.07) is 9.11. The van der Waals surface area contributed by atoms with E-state index in [9.17, 15) is 0 Å². The highest BCUT2D eigenvalue weighted by atomic mass is 14.9. The molecule has 0 aliphatic heterocycles. The third kappa shape index (κ3) is 6.94. The highest BCUT2D eigenvalue weighted by Gasteiger charge is 2.03. The van der Waals surface area contributed by atoms with Crippen LogP contribution in [0.1, 0.15) is 37.9 Å². The van der Waals surface area contributed by atoms with Crippen molar-refractivity contribution < 1.29 is 0 Å². The number of aliphatic imine (C=N–C) groups is 1. The van der Waals surface area contributed by atoms with Crippen LogP contribution in [0.3, 0.4) is 0 Å². The number of hydrogen-bond donors (Lipinski definition) is 3. The van der Waals surface area contributed by atoms with Crippen LogP contribution in [0.25, 0.3) is 10.9 Å². The smallest absolute Gasteiger partial charge is 0.0904 e. The van der Waals surface area contributed by atoms with Gasteiger partial charge in [-0.05, 0) is 49.1 Å². The fraction of sp³-hybridized carbons (Fsp3) is 0.292. The van der Waals surface area contributed by atoms with Gasteiger partial charge in [0.2, 0.25) is 0 Å². The van der Waals surface area contributed by atoms with Crippen molar-refractivity contribution in [1.82, 2.24) is 15.6 Å². The summed E-state index contributed by atoms with van der Waals surface area (Å²) in [5, 5.41) is 7.85. The van der Waals surface area contributed by atoms with E-state index in [-0.39, 0.29) is 0 Å². The van der Waals surface area contributed by atoms with Crippen LogP contribution in [0.5, 0.6) is 0 Å². The van der Waals surface area contributed by atoms with E-state index in [1.54, 1.807) is 12.3 Å². The van der Waals surface area contributed by atoms with Crippen LogP contribution in [0.4, 0.5) is 0 Å². The van der Waals surface area contributed by atoms with Crippen molar-refractivity contribution >= 4 is 17.1 Å². The zero-order valence-corrected chi connectivity index (χ0v) is 16.9. The Morgan fingerprint density at radius 1 is 1.32 bits per heavy atom. The summed E-state index contributed by atoms with van der Waals surface area (Å²) in [5.74, 6) is 6.24. The van der Waals surface area contributed by atoms with Gasteiger partial charge in [0, 0.05) is 29.2 Å². The Bertz CT molecular complexity index is 921. The fourth-order valence-electron chi connectivity index (χ4n) is 2.74. The molecule has 0 saturated carbocycles. The summed E-state index contributed by atoms with van der Waals surface area (Å²) >= 11 is 0. The second-order valence-electron chi connectivity index (χ2n) is 6.81. The van der Waals surface area contributed by atoms with Gasteiger partial charge in [0.05, 0.1) is 24.2 Å². The molecule has 4 nitrogen and oxygen atoms in total. The molecule has 146 valence electrons. The van der Waals surface area contributed by atoms with Crippen molar-refractivity contribution in [3.05, 3.63) is 72.7 Å². The first kappa shape index (κ1) is 21.3. The third-order valence-corrected chi connectivity index (χ3v) is 4.31.